The van der Waals surface area contributed by atoms with Crippen LogP contribution in [-0.2, 0) is 4.74 Å². The highest BCUT2D eigenvalue weighted by molar-refractivity contribution is 9.09. The van der Waals surface area contributed by atoms with Crippen molar-refractivity contribution >= 4 is 15.9 Å². The topological polar surface area (TPSA) is 31.4 Å². The minimum absolute atomic E-state index is 0.146. The zero-order valence-corrected chi connectivity index (χ0v) is 11.1. The van der Waals surface area contributed by atoms with E-state index in [4.69, 9.17) is 9.47 Å². The molecule has 4 heteroatoms. The maximum Gasteiger partial charge on any atom is 0.141 e. The van der Waals surface area contributed by atoms with Gasteiger partial charge in [-0.25, -0.2) is 0 Å². The quantitative estimate of drug-likeness (QED) is 0.797. The van der Waals surface area contributed by atoms with Crippen molar-refractivity contribution in [3.8, 4) is 5.75 Å². The summed E-state index contributed by atoms with van der Waals surface area (Å²) in [6.45, 7) is 4.68. The van der Waals surface area contributed by atoms with Crippen molar-refractivity contribution in [1.82, 2.24) is 4.98 Å². The van der Waals surface area contributed by atoms with Crippen molar-refractivity contribution < 1.29 is 9.47 Å². The van der Waals surface area contributed by atoms with Crippen LogP contribution in [0.1, 0.15) is 19.0 Å². The molecule has 1 heterocycles. The molecule has 88 valence electrons. The molecule has 0 N–H and O–H groups in total. The summed E-state index contributed by atoms with van der Waals surface area (Å²) in [5.74, 6) is 0.858. The van der Waals surface area contributed by atoms with Crippen LogP contribution in [0, 0.1) is 6.92 Å². The van der Waals surface area contributed by atoms with Gasteiger partial charge in [0.2, 0.25) is 0 Å². The summed E-state index contributed by atoms with van der Waals surface area (Å²) in [5, 5.41) is 0. The number of ether oxygens (including phenoxy) is 2. The molecule has 1 aromatic rings. The standard InChI is InChI=1S/C12H16BrNO2/c1-3-15-12-9(13)7-11(12)16-10-5-4-6-14-8(10)2/h4-6,9,11-12H,3,7H2,1-2H3. The van der Waals surface area contributed by atoms with Gasteiger partial charge < -0.3 is 9.47 Å². The van der Waals surface area contributed by atoms with E-state index in [-0.39, 0.29) is 12.2 Å². The average Bonchev–Trinajstić information content (AvgIpc) is 2.28. The van der Waals surface area contributed by atoms with Crippen molar-refractivity contribution in [3.63, 3.8) is 0 Å². The number of aromatic nitrogens is 1. The van der Waals surface area contributed by atoms with Crippen LogP contribution in [0.4, 0.5) is 0 Å². The highest BCUT2D eigenvalue weighted by Gasteiger charge is 2.42. The molecule has 1 aromatic heterocycles. The molecule has 3 unspecified atom stereocenters. The highest BCUT2D eigenvalue weighted by atomic mass is 79.9. The Hall–Kier alpha value is -0.610. The van der Waals surface area contributed by atoms with Gasteiger partial charge in [-0.1, -0.05) is 15.9 Å². The van der Waals surface area contributed by atoms with Crippen LogP contribution in [0.25, 0.3) is 0 Å². The lowest BCUT2D eigenvalue weighted by Gasteiger charge is -2.40. The first-order valence-electron chi connectivity index (χ1n) is 5.56. The van der Waals surface area contributed by atoms with Gasteiger partial charge in [-0.15, -0.1) is 0 Å². The minimum Gasteiger partial charge on any atom is -0.486 e. The van der Waals surface area contributed by atoms with Crippen LogP contribution in [-0.4, -0.2) is 28.6 Å². The van der Waals surface area contributed by atoms with Crippen molar-refractivity contribution in [2.24, 2.45) is 0 Å². The highest BCUT2D eigenvalue weighted by Crippen LogP contribution is 2.34. The molecule has 0 radical (unpaired) electrons. The van der Waals surface area contributed by atoms with E-state index in [2.05, 4.69) is 20.9 Å². The lowest BCUT2D eigenvalue weighted by molar-refractivity contribution is -0.0726. The summed E-state index contributed by atoms with van der Waals surface area (Å²) in [7, 11) is 0. The number of hydrogen-bond acceptors (Lipinski definition) is 3. The Morgan fingerprint density at radius 3 is 3.00 bits per heavy atom. The summed E-state index contributed by atoms with van der Waals surface area (Å²) in [5.41, 5.74) is 0.927. The van der Waals surface area contributed by atoms with Crippen LogP contribution in [0.2, 0.25) is 0 Å². The van der Waals surface area contributed by atoms with E-state index in [1.807, 2.05) is 26.0 Å². The van der Waals surface area contributed by atoms with E-state index in [1.54, 1.807) is 6.20 Å². The first-order chi connectivity index (χ1) is 7.72. The van der Waals surface area contributed by atoms with E-state index >= 15 is 0 Å². The predicted molar refractivity (Wildman–Crippen MR) is 66.1 cm³/mol. The lowest BCUT2D eigenvalue weighted by atomic mass is 9.91. The Morgan fingerprint density at radius 1 is 1.56 bits per heavy atom. The van der Waals surface area contributed by atoms with Gasteiger partial charge in [0.15, 0.2) is 0 Å². The number of hydrogen-bond donors (Lipinski definition) is 0. The fourth-order valence-corrected chi connectivity index (χ4v) is 2.67. The van der Waals surface area contributed by atoms with Gasteiger partial charge in [0.25, 0.3) is 0 Å². The Morgan fingerprint density at radius 2 is 2.38 bits per heavy atom. The normalized spacial score (nSPS) is 28.6. The third-order valence-corrected chi connectivity index (χ3v) is 3.67. The Bertz CT molecular complexity index is 359. The van der Waals surface area contributed by atoms with Crippen molar-refractivity contribution in [2.75, 3.05) is 6.61 Å². The molecule has 3 atom stereocenters. The molecule has 3 nitrogen and oxygen atoms in total. The van der Waals surface area contributed by atoms with E-state index in [9.17, 15) is 0 Å². The molecule has 0 aromatic carbocycles. The fraction of sp³-hybridized carbons (Fsp3) is 0.583. The van der Waals surface area contributed by atoms with E-state index in [1.165, 1.54) is 0 Å². The molecule has 0 saturated heterocycles. The third kappa shape index (κ3) is 2.38. The molecule has 0 spiro atoms. The molecule has 1 saturated carbocycles. The SMILES string of the molecule is CCOC1C(Br)CC1Oc1cccnc1C. The largest absolute Gasteiger partial charge is 0.486 e. The number of halogens is 1. The summed E-state index contributed by atoms with van der Waals surface area (Å²) in [6, 6.07) is 3.84. The molecule has 0 bridgehead atoms. The Balaban J connectivity index is 1.98. The smallest absolute Gasteiger partial charge is 0.141 e. The monoisotopic (exact) mass is 285 g/mol. The molecule has 1 aliphatic carbocycles. The average molecular weight is 286 g/mol. The zero-order valence-electron chi connectivity index (χ0n) is 9.52. The van der Waals surface area contributed by atoms with Crippen LogP contribution in [0.15, 0.2) is 18.3 Å². The maximum absolute atomic E-state index is 5.90. The number of rotatable bonds is 4. The summed E-state index contributed by atoms with van der Waals surface area (Å²) in [4.78, 5) is 4.61. The number of pyridine rings is 1. The molecule has 0 amide bonds. The predicted octanol–water partition coefficient (Wildman–Crippen LogP) is 2.71. The summed E-state index contributed by atoms with van der Waals surface area (Å²) < 4.78 is 11.5. The number of alkyl halides is 1. The van der Waals surface area contributed by atoms with E-state index in [0.717, 1.165) is 24.5 Å². The molecular weight excluding hydrogens is 270 g/mol. The van der Waals surface area contributed by atoms with Crippen molar-refractivity contribution in [1.29, 1.82) is 0 Å². The van der Waals surface area contributed by atoms with Gasteiger partial charge >= 0.3 is 0 Å². The Kier molecular flexibility index (Phi) is 3.82. The number of aryl methyl sites for hydroxylation is 1. The van der Waals surface area contributed by atoms with Gasteiger partial charge in [-0.05, 0) is 26.0 Å². The van der Waals surface area contributed by atoms with Crippen molar-refractivity contribution in [2.45, 2.75) is 37.3 Å². The van der Waals surface area contributed by atoms with E-state index < -0.39 is 0 Å². The minimum atomic E-state index is 0.146. The van der Waals surface area contributed by atoms with Gasteiger partial charge in [-0.3, -0.25) is 4.98 Å². The van der Waals surface area contributed by atoms with Gasteiger partial charge in [-0.2, -0.15) is 0 Å². The molecule has 2 rings (SSSR count). The molecular formula is C12H16BrNO2. The first-order valence-corrected chi connectivity index (χ1v) is 6.48. The summed E-state index contributed by atoms with van der Waals surface area (Å²) >= 11 is 3.58. The Labute approximate surface area is 104 Å². The van der Waals surface area contributed by atoms with Crippen LogP contribution < -0.4 is 4.74 Å². The second kappa shape index (κ2) is 5.15. The van der Waals surface area contributed by atoms with Crippen LogP contribution >= 0.6 is 15.9 Å². The maximum atomic E-state index is 5.90. The molecule has 0 aliphatic heterocycles. The van der Waals surface area contributed by atoms with Gasteiger partial charge in [0, 0.05) is 24.1 Å². The molecule has 16 heavy (non-hydrogen) atoms. The summed E-state index contributed by atoms with van der Waals surface area (Å²) in [6.07, 6.45) is 3.06. The zero-order chi connectivity index (χ0) is 11.5. The van der Waals surface area contributed by atoms with Gasteiger partial charge in [0.1, 0.15) is 18.0 Å². The van der Waals surface area contributed by atoms with Crippen LogP contribution in [0.3, 0.4) is 0 Å². The lowest BCUT2D eigenvalue weighted by Crippen LogP contribution is -2.52. The second-order valence-corrected chi connectivity index (χ2v) is 5.09. The number of nitrogens with zero attached hydrogens (tertiary/aromatic N) is 1. The molecule has 1 fully saturated rings. The first kappa shape index (κ1) is 11.9. The fourth-order valence-electron chi connectivity index (χ4n) is 1.80. The van der Waals surface area contributed by atoms with Crippen molar-refractivity contribution in [3.05, 3.63) is 24.0 Å². The second-order valence-electron chi connectivity index (χ2n) is 3.91. The van der Waals surface area contributed by atoms with E-state index in [0.29, 0.717) is 4.83 Å². The third-order valence-electron chi connectivity index (χ3n) is 2.78. The van der Waals surface area contributed by atoms with Crippen LogP contribution in [0.5, 0.6) is 5.75 Å². The molecule has 1 aliphatic rings. The van der Waals surface area contributed by atoms with Gasteiger partial charge in [0.05, 0.1) is 5.69 Å².